The number of nitrogens with zero attached hydrogens (tertiary/aromatic N) is 3. The van der Waals surface area contributed by atoms with Crippen LogP contribution in [0.1, 0.15) is 41.0 Å². The monoisotopic (exact) mass is 335 g/mol. The van der Waals surface area contributed by atoms with Crippen molar-refractivity contribution in [2.45, 2.75) is 52.7 Å². The first kappa shape index (κ1) is 20.7. The molecule has 0 aromatic carbocycles. The third-order valence-corrected chi connectivity index (χ3v) is 2.85. The fraction of sp³-hybridized carbons (Fsp3) is 0.846. The maximum atomic E-state index is 11.7. The number of aliphatic carboxylic acids is 1. The summed E-state index contributed by atoms with van der Waals surface area (Å²) in [5.74, 6) is -1.43. The predicted molar refractivity (Wildman–Crippen MR) is 78.0 cm³/mol. The van der Waals surface area contributed by atoms with Crippen LogP contribution in [-0.4, -0.2) is 52.7 Å². The van der Waals surface area contributed by atoms with Crippen LogP contribution in [0.3, 0.4) is 0 Å². The maximum absolute atomic E-state index is 11.7. The van der Waals surface area contributed by atoms with E-state index in [1.807, 2.05) is 6.92 Å². The average Bonchev–Trinajstić information content (AvgIpc) is 2.40. The van der Waals surface area contributed by atoms with E-state index in [1.165, 1.54) is 7.05 Å². The van der Waals surface area contributed by atoms with E-state index in [-0.39, 0.29) is 10.9 Å². The Balaban J connectivity index is 4.48. The summed E-state index contributed by atoms with van der Waals surface area (Å²) >= 11 is 0. The Labute approximate surface area is 135 Å². The first-order valence-corrected chi connectivity index (χ1v) is 7.11. The molecule has 0 unspecified atom stereocenters. The van der Waals surface area contributed by atoms with E-state index in [0.29, 0.717) is 6.42 Å². The first-order chi connectivity index (χ1) is 10.5. The highest BCUT2D eigenvalue weighted by Gasteiger charge is 2.33. The molecule has 0 aliphatic heterocycles. The molecule has 0 aliphatic rings. The van der Waals surface area contributed by atoms with Crippen molar-refractivity contribution >= 4 is 12.1 Å². The molecule has 134 valence electrons. The summed E-state index contributed by atoms with van der Waals surface area (Å²) in [6.07, 6.45) is -0.404. The SMILES string of the molecule is CC[C@@H](C)[C@@H](C(=O)O)N(C)[N+]([O-])=NOCOC(=O)OC(C)(C)C. The molecule has 0 saturated carbocycles. The van der Waals surface area contributed by atoms with Crippen LogP contribution < -0.4 is 0 Å². The van der Waals surface area contributed by atoms with E-state index in [2.05, 4.69) is 14.9 Å². The number of ether oxygens (including phenoxy) is 2. The third-order valence-electron chi connectivity index (χ3n) is 2.85. The van der Waals surface area contributed by atoms with Crippen LogP contribution in [0.15, 0.2) is 5.28 Å². The van der Waals surface area contributed by atoms with Crippen molar-refractivity contribution in [3.05, 3.63) is 5.21 Å². The minimum atomic E-state index is -1.15. The smallest absolute Gasteiger partial charge is 0.511 e. The minimum absolute atomic E-state index is 0.0105. The largest absolute Gasteiger partial charge is 0.569 e. The van der Waals surface area contributed by atoms with Gasteiger partial charge in [0.05, 0.1) is 12.0 Å². The van der Waals surface area contributed by atoms with Crippen molar-refractivity contribution in [2.24, 2.45) is 11.2 Å². The lowest BCUT2D eigenvalue weighted by Crippen LogP contribution is -2.46. The zero-order valence-electron chi connectivity index (χ0n) is 14.3. The highest BCUT2D eigenvalue weighted by Crippen LogP contribution is 2.14. The van der Waals surface area contributed by atoms with E-state index in [0.717, 1.165) is 5.01 Å². The summed E-state index contributed by atoms with van der Waals surface area (Å²) in [6, 6.07) is -1.06. The van der Waals surface area contributed by atoms with Gasteiger partial charge in [0.2, 0.25) is 5.28 Å². The van der Waals surface area contributed by atoms with E-state index in [4.69, 9.17) is 4.74 Å². The van der Waals surface area contributed by atoms with Gasteiger partial charge in [-0.1, -0.05) is 20.3 Å². The molecule has 10 heteroatoms. The first-order valence-electron chi connectivity index (χ1n) is 7.11. The lowest BCUT2D eigenvalue weighted by atomic mass is 9.99. The van der Waals surface area contributed by atoms with Gasteiger partial charge in [0.1, 0.15) is 5.60 Å². The van der Waals surface area contributed by atoms with Crippen molar-refractivity contribution < 1.29 is 34.0 Å². The van der Waals surface area contributed by atoms with Gasteiger partial charge in [-0.3, -0.25) is 0 Å². The Hall–Kier alpha value is -2.26. The number of carbonyl (C=O) groups is 2. The average molecular weight is 335 g/mol. The second-order valence-corrected chi connectivity index (χ2v) is 5.93. The van der Waals surface area contributed by atoms with Crippen molar-refractivity contribution in [1.29, 1.82) is 0 Å². The van der Waals surface area contributed by atoms with Crippen LogP contribution in [0.25, 0.3) is 0 Å². The molecule has 0 aromatic heterocycles. The molecule has 0 rings (SSSR count). The molecule has 23 heavy (non-hydrogen) atoms. The molecule has 0 amide bonds. The van der Waals surface area contributed by atoms with E-state index in [1.54, 1.807) is 27.7 Å². The third kappa shape index (κ3) is 8.07. The van der Waals surface area contributed by atoms with E-state index >= 15 is 0 Å². The van der Waals surface area contributed by atoms with Gasteiger partial charge >= 0.3 is 12.1 Å². The van der Waals surface area contributed by atoms with Crippen molar-refractivity contribution in [2.75, 3.05) is 13.8 Å². The molecule has 0 spiro atoms. The second-order valence-electron chi connectivity index (χ2n) is 5.93. The predicted octanol–water partition coefficient (Wildman–Crippen LogP) is 2.14. The topological polar surface area (TPSA) is 124 Å². The van der Waals surface area contributed by atoms with Crippen LogP contribution in [0.2, 0.25) is 0 Å². The van der Waals surface area contributed by atoms with Gasteiger partial charge in [-0.2, -0.15) is 0 Å². The Kier molecular flexibility index (Phi) is 8.12. The molecule has 10 nitrogen and oxygen atoms in total. The number of carboxylic acids is 1. The number of rotatable bonds is 8. The van der Waals surface area contributed by atoms with Gasteiger partial charge in [0.15, 0.2) is 6.04 Å². The standard InChI is InChI=1S/C13H25N3O7/c1-7-9(2)10(11(17)18)15(6)16(20)14-22-8-21-12(19)23-13(3,4)5/h9-10H,7-8H2,1-6H3,(H,17,18)/t9-,10+/m1/s1. The highest BCUT2D eigenvalue weighted by atomic mass is 16.8. The van der Waals surface area contributed by atoms with Crippen LogP contribution >= 0.6 is 0 Å². The molecule has 0 aliphatic carbocycles. The van der Waals surface area contributed by atoms with Crippen LogP contribution in [0, 0.1) is 11.1 Å². The summed E-state index contributed by atoms with van der Waals surface area (Å²) < 4.78 is 9.39. The van der Waals surface area contributed by atoms with Crippen molar-refractivity contribution in [1.82, 2.24) is 5.01 Å². The molecule has 0 heterocycles. The lowest BCUT2D eigenvalue weighted by molar-refractivity contribution is -0.712. The van der Waals surface area contributed by atoms with Gasteiger partial charge in [0.25, 0.3) is 6.79 Å². The Morgan fingerprint density at radius 3 is 2.39 bits per heavy atom. The number of hydrazine groups is 1. The number of hydrogen-bond acceptors (Lipinski definition) is 7. The van der Waals surface area contributed by atoms with Crippen molar-refractivity contribution in [3.8, 4) is 0 Å². The molecular weight excluding hydrogens is 310 g/mol. The van der Waals surface area contributed by atoms with Crippen molar-refractivity contribution in [3.63, 3.8) is 0 Å². The quantitative estimate of drug-likeness (QED) is 0.179. The fourth-order valence-electron chi connectivity index (χ4n) is 1.59. The zero-order valence-corrected chi connectivity index (χ0v) is 14.3. The normalized spacial score (nSPS) is 14.6. The Morgan fingerprint density at radius 2 is 1.96 bits per heavy atom. The summed E-state index contributed by atoms with van der Waals surface area (Å²) in [7, 11) is 1.28. The zero-order chi connectivity index (χ0) is 18.2. The lowest BCUT2D eigenvalue weighted by Gasteiger charge is -2.24. The van der Waals surface area contributed by atoms with E-state index in [9.17, 15) is 19.9 Å². The fourth-order valence-corrected chi connectivity index (χ4v) is 1.59. The second kappa shape index (κ2) is 9.01. The summed E-state index contributed by atoms with van der Waals surface area (Å²) in [6.45, 7) is 7.86. The molecular formula is C13H25N3O7. The van der Waals surface area contributed by atoms with Crippen LogP contribution in [0.5, 0.6) is 0 Å². The molecule has 0 fully saturated rings. The summed E-state index contributed by atoms with van der Waals surface area (Å²) in [5.41, 5.74) is -0.718. The van der Waals surface area contributed by atoms with Gasteiger partial charge in [-0.05, 0) is 26.7 Å². The molecule has 0 radical (unpaired) electrons. The van der Waals surface area contributed by atoms with Gasteiger partial charge in [-0.25, -0.2) is 9.59 Å². The van der Waals surface area contributed by atoms with E-state index < -0.39 is 30.6 Å². The number of carbonyl (C=O) groups excluding carboxylic acids is 1. The van der Waals surface area contributed by atoms with Gasteiger partial charge in [-0.15, -0.1) is 5.01 Å². The van der Waals surface area contributed by atoms with Crippen LogP contribution in [-0.2, 0) is 19.1 Å². The minimum Gasteiger partial charge on any atom is -0.569 e. The molecule has 0 aromatic rings. The maximum Gasteiger partial charge on any atom is 0.511 e. The Bertz CT molecular complexity index is 434. The Morgan fingerprint density at radius 1 is 1.39 bits per heavy atom. The number of likely N-dealkylation sites (N-methyl/N-ethyl adjacent to an activating group) is 1. The van der Waals surface area contributed by atoms with Gasteiger partial charge < -0.3 is 24.6 Å². The number of hydrogen-bond donors (Lipinski definition) is 1. The number of carboxylic acid groups (broad SMARTS) is 1. The van der Waals surface area contributed by atoms with Crippen LogP contribution in [0.4, 0.5) is 4.79 Å². The molecule has 1 N–H and O–H groups in total. The highest BCUT2D eigenvalue weighted by molar-refractivity contribution is 5.73. The molecule has 0 bridgehead atoms. The van der Waals surface area contributed by atoms with Gasteiger partial charge in [0, 0.05) is 0 Å². The summed E-state index contributed by atoms with van der Waals surface area (Å²) in [4.78, 5) is 27.0. The molecule has 2 atom stereocenters. The summed E-state index contributed by atoms with van der Waals surface area (Å²) in [5, 5.41) is 24.9. The molecule has 0 saturated heterocycles.